The Balaban J connectivity index is 2.54. The monoisotopic (exact) mass is 316 g/mol. The van der Waals surface area contributed by atoms with Crippen LogP contribution < -0.4 is 5.32 Å². The van der Waals surface area contributed by atoms with Crippen molar-refractivity contribution in [3.8, 4) is 0 Å². The molecule has 0 bridgehead atoms. The maximum atomic E-state index is 12.1. The van der Waals surface area contributed by atoms with E-state index in [0.717, 1.165) is 24.1 Å². The third-order valence-corrected chi connectivity index (χ3v) is 2.38. The number of urea groups is 1. The Morgan fingerprint density at radius 1 is 1.52 bits per heavy atom. The van der Waals surface area contributed by atoms with Gasteiger partial charge in [-0.2, -0.15) is 18.3 Å². The zero-order valence-electron chi connectivity index (χ0n) is 10.8. The lowest BCUT2D eigenvalue weighted by molar-refractivity contribution is -0.205. The van der Waals surface area contributed by atoms with Gasteiger partial charge in [0.2, 0.25) is 0 Å². The minimum Gasteiger partial charge on any atom is -0.382 e. The summed E-state index contributed by atoms with van der Waals surface area (Å²) < 4.78 is 61.4. The molecule has 1 atom stereocenters. The van der Waals surface area contributed by atoms with Gasteiger partial charge in [-0.25, -0.2) is 13.6 Å². The molecule has 0 aliphatic rings. The highest BCUT2D eigenvalue weighted by molar-refractivity contribution is 5.88. The van der Waals surface area contributed by atoms with Gasteiger partial charge in [-0.05, 0) is 0 Å². The number of likely N-dealkylation sites (N-methyl/N-ethyl adjacent to an activating group) is 1. The lowest BCUT2D eigenvalue weighted by Gasteiger charge is -2.22. The van der Waals surface area contributed by atoms with Gasteiger partial charge in [0, 0.05) is 13.2 Å². The molecule has 1 unspecified atom stereocenters. The molecule has 0 fully saturated rings. The summed E-state index contributed by atoms with van der Waals surface area (Å²) in [7, 11) is 1.05. The highest BCUT2D eigenvalue weighted by atomic mass is 19.4. The fourth-order valence-corrected chi connectivity index (χ4v) is 1.33. The first kappa shape index (κ1) is 17.1. The number of anilines is 1. The normalized spacial score (nSPS) is 13.3. The zero-order chi connectivity index (χ0) is 16.2. The predicted octanol–water partition coefficient (Wildman–Crippen LogP) is 1.54. The van der Waals surface area contributed by atoms with Gasteiger partial charge in [-0.3, -0.25) is 4.68 Å². The van der Waals surface area contributed by atoms with Gasteiger partial charge < -0.3 is 15.3 Å². The summed E-state index contributed by atoms with van der Waals surface area (Å²) in [6, 6.07) is -0.935. The van der Waals surface area contributed by atoms with Crippen LogP contribution in [0.3, 0.4) is 0 Å². The molecule has 2 amide bonds. The topological polar surface area (TPSA) is 70.4 Å². The molecular formula is C10H13F5N4O2. The van der Waals surface area contributed by atoms with E-state index in [0.29, 0.717) is 4.90 Å². The Hall–Kier alpha value is -1.91. The van der Waals surface area contributed by atoms with Crippen molar-refractivity contribution in [2.45, 2.75) is 25.3 Å². The first-order valence-electron chi connectivity index (χ1n) is 5.67. The van der Waals surface area contributed by atoms with Gasteiger partial charge in [0.1, 0.15) is 6.54 Å². The van der Waals surface area contributed by atoms with Crippen LogP contribution in [0.5, 0.6) is 0 Å². The second kappa shape index (κ2) is 6.70. The van der Waals surface area contributed by atoms with Crippen molar-refractivity contribution in [1.29, 1.82) is 0 Å². The van der Waals surface area contributed by atoms with Gasteiger partial charge in [-0.1, -0.05) is 0 Å². The van der Waals surface area contributed by atoms with E-state index in [9.17, 15) is 26.7 Å². The Morgan fingerprint density at radius 2 is 2.14 bits per heavy atom. The van der Waals surface area contributed by atoms with E-state index in [2.05, 4.69) is 10.4 Å². The number of aromatic nitrogens is 2. The van der Waals surface area contributed by atoms with Crippen LogP contribution in [0.2, 0.25) is 0 Å². The number of carbonyl (C=O) groups is 1. The summed E-state index contributed by atoms with van der Waals surface area (Å²) in [6.07, 6.45) is -7.95. The van der Waals surface area contributed by atoms with E-state index in [1.165, 1.54) is 0 Å². The second-order valence-electron chi connectivity index (χ2n) is 4.21. The number of carbonyl (C=O) groups excluding carboxylic acids is 1. The molecular weight excluding hydrogens is 303 g/mol. The molecule has 21 heavy (non-hydrogen) atoms. The number of nitrogens with one attached hydrogen (secondary N) is 1. The number of hydrogen-bond acceptors (Lipinski definition) is 3. The van der Waals surface area contributed by atoms with Crippen molar-refractivity contribution in [1.82, 2.24) is 14.7 Å². The highest BCUT2D eigenvalue weighted by Gasteiger charge is 2.39. The highest BCUT2D eigenvalue weighted by Crippen LogP contribution is 2.20. The second-order valence-corrected chi connectivity index (χ2v) is 4.21. The molecule has 2 N–H and O–H groups in total. The minimum absolute atomic E-state index is 0.0500. The molecule has 0 saturated heterocycles. The van der Waals surface area contributed by atoms with E-state index >= 15 is 0 Å². The molecule has 11 heteroatoms. The molecule has 0 radical (unpaired) electrons. The third-order valence-electron chi connectivity index (χ3n) is 2.38. The van der Waals surface area contributed by atoms with Crippen molar-refractivity contribution in [2.75, 3.05) is 18.9 Å². The smallest absolute Gasteiger partial charge is 0.382 e. The number of rotatable bonds is 5. The van der Waals surface area contributed by atoms with Crippen molar-refractivity contribution in [3.63, 3.8) is 0 Å². The third kappa shape index (κ3) is 5.53. The van der Waals surface area contributed by atoms with Crippen LogP contribution in [0.4, 0.5) is 32.4 Å². The van der Waals surface area contributed by atoms with E-state index < -0.39 is 37.8 Å². The number of amides is 2. The molecule has 1 heterocycles. The lowest BCUT2D eigenvalue weighted by atomic mass is 10.3. The molecule has 0 aliphatic heterocycles. The molecule has 1 aromatic heterocycles. The molecule has 0 saturated carbocycles. The van der Waals surface area contributed by atoms with E-state index in [-0.39, 0.29) is 5.69 Å². The maximum Gasteiger partial charge on any atom is 0.416 e. The average molecular weight is 316 g/mol. The quantitative estimate of drug-likeness (QED) is 0.810. The summed E-state index contributed by atoms with van der Waals surface area (Å²) in [5, 5.41) is 14.5. The molecule has 1 aromatic rings. The van der Waals surface area contributed by atoms with Crippen LogP contribution >= 0.6 is 0 Å². The first-order valence-corrected chi connectivity index (χ1v) is 5.67. The number of aliphatic hydroxyl groups is 1. The van der Waals surface area contributed by atoms with Crippen LogP contribution in [0.1, 0.15) is 0 Å². The van der Waals surface area contributed by atoms with Crippen LogP contribution in [-0.4, -0.2) is 58.1 Å². The fourth-order valence-electron chi connectivity index (χ4n) is 1.33. The average Bonchev–Trinajstić information content (AvgIpc) is 2.73. The number of nitrogens with zero attached hydrogens (tertiary/aromatic N) is 3. The summed E-state index contributed by atoms with van der Waals surface area (Å²) in [5.74, 6) is 0. The number of alkyl halides is 5. The Bertz CT molecular complexity index is 476. The van der Waals surface area contributed by atoms with Gasteiger partial charge >= 0.3 is 12.2 Å². The van der Waals surface area contributed by atoms with Crippen LogP contribution in [0.25, 0.3) is 0 Å². The summed E-state index contributed by atoms with van der Waals surface area (Å²) in [4.78, 5) is 12.2. The van der Waals surface area contributed by atoms with Crippen molar-refractivity contribution >= 4 is 11.7 Å². The Kier molecular flexibility index (Phi) is 5.47. The minimum atomic E-state index is -4.84. The standard InChI is InChI=1S/C10H13F5N4O2/c1-18(4-7(20)10(13,14)15)9(21)17-6-2-16-19(3-6)5-8(11)12/h2-3,7-8,20H,4-5H2,1H3,(H,17,21). The molecule has 0 spiro atoms. The van der Waals surface area contributed by atoms with Crippen LogP contribution in [-0.2, 0) is 6.54 Å². The Morgan fingerprint density at radius 3 is 2.67 bits per heavy atom. The van der Waals surface area contributed by atoms with Gasteiger partial charge in [0.15, 0.2) is 6.10 Å². The fraction of sp³-hybridized carbons (Fsp3) is 0.600. The van der Waals surface area contributed by atoms with Gasteiger partial charge in [-0.15, -0.1) is 0 Å². The first-order chi connectivity index (χ1) is 9.59. The summed E-state index contributed by atoms with van der Waals surface area (Å²) >= 11 is 0. The van der Waals surface area contributed by atoms with Crippen LogP contribution in [0.15, 0.2) is 12.4 Å². The van der Waals surface area contributed by atoms with E-state index in [4.69, 9.17) is 5.11 Å². The van der Waals surface area contributed by atoms with Crippen molar-refractivity contribution in [2.24, 2.45) is 0 Å². The van der Waals surface area contributed by atoms with Crippen molar-refractivity contribution in [3.05, 3.63) is 12.4 Å². The largest absolute Gasteiger partial charge is 0.416 e. The number of aliphatic hydroxyl groups excluding tert-OH is 1. The lowest BCUT2D eigenvalue weighted by Crippen LogP contribution is -2.43. The van der Waals surface area contributed by atoms with Gasteiger partial charge in [0.25, 0.3) is 6.43 Å². The van der Waals surface area contributed by atoms with E-state index in [1.807, 2.05) is 0 Å². The summed E-state index contributed by atoms with van der Waals surface area (Å²) in [5.41, 5.74) is 0.0500. The van der Waals surface area contributed by atoms with Crippen LogP contribution in [0, 0.1) is 0 Å². The molecule has 0 aromatic carbocycles. The Labute approximate surface area is 116 Å². The van der Waals surface area contributed by atoms with Crippen molar-refractivity contribution < 1.29 is 31.9 Å². The molecule has 120 valence electrons. The zero-order valence-corrected chi connectivity index (χ0v) is 10.8. The maximum absolute atomic E-state index is 12.1. The summed E-state index contributed by atoms with van der Waals surface area (Å²) in [6.45, 7) is -1.63. The number of halogens is 5. The molecule has 6 nitrogen and oxygen atoms in total. The molecule has 1 rings (SSSR count). The van der Waals surface area contributed by atoms with E-state index in [1.54, 1.807) is 0 Å². The molecule has 0 aliphatic carbocycles. The predicted molar refractivity (Wildman–Crippen MR) is 61.9 cm³/mol. The SMILES string of the molecule is CN(CC(O)C(F)(F)F)C(=O)Nc1cnn(CC(F)F)c1. The number of hydrogen-bond donors (Lipinski definition) is 2. The van der Waals surface area contributed by atoms with Gasteiger partial charge in [0.05, 0.1) is 18.4 Å².